The molecule has 1 atom stereocenters. The number of hydrogen-bond donors (Lipinski definition) is 1. The Kier molecular flexibility index (Phi) is 4.88. The van der Waals surface area contributed by atoms with Gasteiger partial charge in [-0.2, -0.15) is 4.80 Å². The maximum absolute atomic E-state index is 12.2. The minimum atomic E-state index is -0.258. The molecule has 0 spiro atoms. The number of halogens is 1. The summed E-state index contributed by atoms with van der Waals surface area (Å²) < 4.78 is 11.4. The van der Waals surface area contributed by atoms with E-state index < -0.39 is 0 Å². The number of nitrogens with one attached hydrogen (secondary N) is 1. The van der Waals surface area contributed by atoms with Gasteiger partial charge in [-0.25, -0.2) is 0 Å². The number of tetrazole rings is 1. The van der Waals surface area contributed by atoms with Crippen LogP contribution in [0, 0.1) is 0 Å². The Morgan fingerprint density at radius 2 is 1.96 bits per heavy atom. The first kappa shape index (κ1) is 17.3. The lowest BCUT2D eigenvalue weighted by Gasteiger charge is -2.26. The second-order valence-corrected chi connectivity index (χ2v) is 6.33. The quantitative estimate of drug-likeness (QED) is 0.721. The van der Waals surface area contributed by atoms with E-state index in [-0.39, 0.29) is 18.6 Å². The molecule has 3 aromatic rings. The fourth-order valence-corrected chi connectivity index (χ4v) is 2.86. The predicted molar refractivity (Wildman–Crippen MR) is 97.6 cm³/mol. The monoisotopic (exact) mass is 385 g/mol. The average Bonchev–Trinajstić information content (AvgIpc) is 3.14. The van der Waals surface area contributed by atoms with Crippen molar-refractivity contribution in [3.05, 3.63) is 53.6 Å². The van der Waals surface area contributed by atoms with Crippen LogP contribution in [0.1, 0.15) is 0 Å². The Hall–Kier alpha value is -3.13. The Labute approximate surface area is 160 Å². The third-order valence-electron chi connectivity index (χ3n) is 3.95. The van der Waals surface area contributed by atoms with Crippen molar-refractivity contribution < 1.29 is 14.3 Å². The van der Waals surface area contributed by atoms with Gasteiger partial charge in [-0.1, -0.05) is 35.9 Å². The standard InChI is InChI=1S/C18H16ClN5O3/c19-14-6-2-1-5-13(14)18-21-23-24(22-18)10-17(25)20-9-12-11-26-15-7-3-4-8-16(15)27-12/h1-8,12H,9-11H2,(H,20,25). The van der Waals surface area contributed by atoms with E-state index in [9.17, 15) is 4.79 Å². The SMILES string of the molecule is O=C(Cn1nnc(-c2ccccc2Cl)n1)NCC1COc2ccccc2O1. The molecule has 1 unspecified atom stereocenters. The van der Waals surface area contributed by atoms with Gasteiger partial charge in [0.1, 0.15) is 19.3 Å². The number of ether oxygens (including phenoxy) is 2. The van der Waals surface area contributed by atoms with Crippen LogP contribution in [0.5, 0.6) is 11.5 Å². The summed E-state index contributed by atoms with van der Waals surface area (Å²) in [5.74, 6) is 1.50. The summed E-state index contributed by atoms with van der Waals surface area (Å²) in [6.45, 7) is 0.635. The number of aromatic nitrogens is 4. The second-order valence-electron chi connectivity index (χ2n) is 5.92. The zero-order chi connectivity index (χ0) is 18.6. The number of carbonyl (C=O) groups is 1. The summed E-state index contributed by atoms with van der Waals surface area (Å²) in [7, 11) is 0. The van der Waals surface area contributed by atoms with Crippen molar-refractivity contribution in [1.82, 2.24) is 25.5 Å². The van der Waals surface area contributed by atoms with Crippen LogP contribution in [0.4, 0.5) is 0 Å². The molecule has 2 aromatic carbocycles. The van der Waals surface area contributed by atoms with Crippen LogP contribution in [-0.4, -0.2) is 45.4 Å². The normalized spacial score (nSPS) is 15.4. The minimum Gasteiger partial charge on any atom is -0.486 e. The maximum atomic E-state index is 12.2. The van der Waals surface area contributed by atoms with Crippen LogP contribution in [0.2, 0.25) is 5.02 Å². The number of rotatable bonds is 5. The molecule has 9 heteroatoms. The first-order chi connectivity index (χ1) is 13.2. The van der Waals surface area contributed by atoms with Gasteiger partial charge in [-0.3, -0.25) is 4.79 Å². The number of amides is 1. The van der Waals surface area contributed by atoms with Crippen molar-refractivity contribution in [2.75, 3.05) is 13.2 Å². The molecule has 0 radical (unpaired) electrons. The Morgan fingerprint density at radius 1 is 1.19 bits per heavy atom. The van der Waals surface area contributed by atoms with E-state index in [4.69, 9.17) is 21.1 Å². The van der Waals surface area contributed by atoms with Crippen LogP contribution in [0.3, 0.4) is 0 Å². The van der Waals surface area contributed by atoms with E-state index in [1.54, 1.807) is 12.1 Å². The number of nitrogens with zero attached hydrogens (tertiary/aromatic N) is 4. The predicted octanol–water partition coefficient (Wildman–Crippen LogP) is 1.95. The minimum absolute atomic E-state index is 0.0540. The van der Waals surface area contributed by atoms with Gasteiger partial charge in [0.15, 0.2) is 11.5 Å². The van der Waals surface area contributed by atoms with Gasteiger partial charge < -0.3 is 14.8 Å². The summed E-state index contributed by atoms with van der Waals surface area (Å²) >= 11 is 6.12. The molecule has 0 aliphatic carbocycles. The molecule has 0 fully saturated rings. The lowest BCUT2D eigenvalue weighted by atomic mass is 10.2. The van der Waals surface area contributed by atoms with Gasteiger partial charge in [0, 0.05) is 5.56 Å². The first-order valence-electron chi connectivity index (χ1n) is 8.37. The highest BCUT2D eigenvalue weighted by Gasteiger charge is 2.21. The fourth-order valence-electron chi connectivity index (χ4n) is 2.64. The van der Waals surface area contributed by atoms with Crippen LogP contribution < -0.4 is 14.8 Å². The summed E-state index contributed by atoms with van der Waals surface area (Å²) in [5.41, 5.74) is 0.664. The number of fused-ring (bicyclic) bond motifs is 1. The van der Waals surface area contributed by atoms with Crippen LogP contribution in [0.15, 0.2) is 48.5 Å². The van der Waals surface area contributed by atoms with E-state index in [1.807, 2.05) is 36.4 Å². The average molecular weight is 386 g/mol. The molecule has 1 aromatic heterocycles. The fraction of sp³-hybridized carbons (Fsp3) is 0.222. The van der Waals surface area contributed by atoms with Crippen molar-refractivity contribution in [2.24, 2.45) is 0 Å². The Morgan fingerprint density at radius 3 is 2.81 bits per heavy atom. The molecule has 4 rings (SSSR count). The third-order valence-corrected chi connectivity index (χ3v) is 4.28. The van der Waals surface area contributed by atoms with E-state index in [2.05, 4.69) is 20.7 Å². The molecular weight excluding hydrogens is 370 g/mol. The largest absolute Gasteiger partial charge is 0.486 e. The first-order valence-corrected chi connectivity index (χ1v) is 8.75. The van der Waals surface area contributed by atoms with Crippen LogP contribution in [-0.2, 0) is 11.3 Å². The van der Waals surface area contributed by atoms with E-state index in [0.717, 1.165) is 0 Å². The Balaban J connectivity index is 1.31. The number of benzene rings is 2. The number of hydrogen-bond acceptors (Lipinski definition) is 6. The topological polar surface area (TPSA) is 91.2 Å². The molecule has 0 saturated carbocycles. The van der Waals surface area contributed by atoms with Crippen molar-refractivity contribution >= 4 is 17.5 Å². The lowest BCUT2D eigenvalue weighted by molar-refractivity contribution is -0.122. The molecule has 8 nitrogen and oxygen atoms in total. The van der Waals surface area contributed by atoms with Gasteiger partial charge in [0.25, 0.3) is 0 Å². The van der Waals surface area contributed by atoms with Gasteiger partial charge in [0.05, 0.1) is 11.6 Å². The van der Waals surface area contributed by atoms with Gasteiger partial charge in [0.2, 0.25) is 11.7 Å². The van der Waals surface area contributed by atoms with Crippen LogP contribution >= 0.6 is 11.6 Å². The van der Waals surface area contributed by atoms with Crippen LogP contribution in [0.25, 0.3) is 11.4 Å². The Bertz CT molecular complexity index is 961. The zero-order valence-electron chi connectivity index (χ0n) is 14.2. The highest BCUT2D eigenvalue weighted by molar-refractivity contribution is 6.33. The molecule has 1 N–H and O–H groups in total. The van der Waals surface area contributed by atoms with Gasteiger partial charge in [-0.05, 0) is 29.5 Å². The van der Waals surface area contributed by atoms with E-state index in [0.29, 0.717) is 41.1 Å². The second kappa shape index (κ2) is 7.63. The molecule has 0 bridgehead atoms. The molecule has 138 valence electrons. The number of para-hydroxylation sites is 2. The molecule has 1 amide bonds. The molecular formula is C18H16ClN5O3. The number of carbonyl (C=O) groups excluding carboxylic acids is 1. The van der Waals surface area contributed by atoms with E-state index >= 15 is 0 Å². The highest BCUT2D eigenvalue weighted by atomic mass is 35.5. The lowest BCUT2D eigenvalue weighted by Crippen LogP contribution is -2.41. The van der Waals surface area contributed by atoms with Gasteiger partial charge >= 0.3 is 0 Å². The van der Waals surface area contributed by atoms with Crippen molar-refractivity contribution in [3.8, 4) is 22.9 Å². The summed E-state index contributed by atoms with van der Waals surface area (Å²) in [6.07, 6.45) is -0.258. The highest BCUT2D eigenvalue weighted by Crippen LogP contribution is 2.30. The van der Waals surface area contributed by atoms with E-state index in [1.165, 1.54) is 4.80 Å². The van der Waals surface area contributed by atoms with Crippen molar-refractivity contribution in [1.29, 1.82) is 0 Å². The molecule has 1 aliphatic rings. The van der Waals surface area contributed by atoms with Gasteiger partial charge in [-0.15, -0.1) is 10.2 Å². The summed E-state index contributed by atoms with van der Waals surface area (Å²) in [4.78, 5) is 13.4. The molecule has 1 aliphatic heterocycles. The smallest absolute Gasteiger partial charge is 0.243 e. The zero-order valence-corrected chi connectivity index (χ0v) is 15.0. The maximum Gasteiger partial charge on any atom is 0.243 e. The summed E-state index contributed by atoms with van der Waals surface area (Å²) in [5, 5.41) is 15.4. The van der Waals surface area contributed by atoms with Crippen molar-refractivity contribution in [3.63, 3.8) is 0 Å². The molecule has 27 heavy (non-hydrogen) atoms. The van der Waals surface area contributed by atoms with Crippen molar-refractivity contribution in [2.45, 2.75) is 12.6 Å². The molecule has 0 saturated heterocycles. The third kappa shape index (κ3) is 4.01. The molecule has 2 heterocycles. The summed E-state index contributed by atoms with van der Waals surface area (Å²) in [6, 6.07) is 14.6.